The van der Waals surface area contributed by atoms with Crippen LogP contribution in [0.4, 0.5) is 0 Å². The summed E-state index contributed by atoms with van der Waals surface area (Å²) in [6, 6.07) is 0. The average Bonchev–Trinajstić information content (AvgIpc) is 2.83. The van der Waals surface area contributed by atoms with E-state index in [0.717, 1.165) is 25.2 Å². The maximum absolute atomic E-state index is 10.4. The number of aliphatic hydroxyl groups excluding tert-OH is 1. The van der Waals surface area contributed by atoms with E-state index >= 15 is 0 Å². The van der Waals surface area contributed by atoms with Crippen LogP contribution in [0.3, 0.4) is 0 Å². The number of carbonyl (C=O) groups is 1. The van der Waals surface area contributed by atoms with Crippen LogP contribution in [0, 0.1) is 17.8 Å². The molecule has 2 saturated carbocycles. The molecule has 17 heavy (non-hydrogen) atoms. The molecule has 3 atom stereocenters. The van der Waals surface area contributed by atoms with Crippen molar-refractivity contribution in [3.63, 3.8) is 0 Å². The standard InChI is InChI=1S/C14H22O3/c15-9-12-6-5-11-7-10(8-13(11)12)3-1-2-4-14(16)17/h3,11-13,15H,1-2,4-9H2,(H,16,17)/b10-3+/t11-,12-,13+/m1/s1. The Morgan fingerprint density at radius 3 is 2.88 bits per heavy atom. The van der Waals surface area contributed by atoms with Gasteiger partial charge in [0.1, 0.15) is 0 Å². The molecule has 0 aliphatic heterocycles. The summed E-state index contributed by atoms with van der Waals surface area (Å²) in [4.78, 5) is 10.4. The zero-order valence-corrected chi connectivity index (χ0v) is 10.3. The lowest BCUT2D eigenvalue weighted by Gasteiger charge is -2.14. The molecule has 0 radical (unpaired) electrons. The van der Waals surface area contributed by atoms with Gasteiger partial charge in [0.15, 0.2) is 0 Å². The highest BCUT2D eigenvalue weighted by Gasteiger charge is 2.40. The van der Waals surface area contributed by atoms with Gasteiger partial charge >= 0.3 is 5.97 Å². The highest BCUT2D eigenvalue weighted by molar-refractivity contribution is 5.66. The topological polar surface area (TPSA) is 57.5 Å². The molecular weight excluding hydrogens is 216 g/mol. The molecule has 3 nitrogen and oxygen atoms in total. The number of unbranched alkanes of at least 4 members (excludes halogenated alkanes) is 1. The number of aliphatic carboxylic acids is 1. The van der Waals surface area contributed by atoms with Gasteiger partial charge in [0, 0.05) is 13.0 Å². The van der Waals surface area contributed by atoms with Crippen LogP contribution in [0.5, 0.6) is 0 Å². The predicted molar refractivity (Wildman–Crippen MR) is 65.6 cm³/mol. The van der Waals surface area contributed by atoms with E-state index in [0.29, 0.717) is 18.4 Å². The summed E-state index contributed by atoms with van der Waals surface area (Å²) < 4.78 is 0. The Labute approximate surface area is 103 Å². The smallest absolute Gasteiger partial charge is 0.303 e. The Morgan fingerprint density at radius 2 is 2.18 bits per heavy atom. The summed E-state index contributed by atoms with van der Waals surface area (Å²) in [7, 11) is 0. The molecule has 0 unspecified atom stereocenters. The Morgan fingerprint density at radius 1 is 1.35 bits per heavy atom. The first-order chi connectivity index (χ1) is 8.20. The largest absolute Gasteiger partial charge is 0.481 e. The third kappa shape index (κ3) is 3.09. The molecule has 96 valence electrons. The van der Waals surface area contributed by atoms with Crippen LogP contribution in [0.25, 0.3) is 0 Å². The molecule has 2 aliphatic rings. The van der Waals surface area contributed by atoms with Crippen molar-refractivity contribution < 1.29 is 15.0 Å². The second-order valence-corrected chi connectivity index (χ2v) is 5.50. The maximum Gasteiger partial charge on any atom is 0.303 e. The molecule has 0 aromatic rings. The van der Waals surface area contributed by atoms with E-state index in [1.807, 2.05) is 0 Å². The van der Waals surface area contributed by atoms with Crippen molar-refractivity contribution in [1.29, 1.82) is 0 Å². The molecule has 0 amide bonds. The van der Waals surface area contributed by atoms with E-state index in [2.05, 4.69) is 6.08 Å². The summed E-state index contributed by atoms with van der Waals surface area (Å²) >= 11 is 0. The molecule has 3 heteroatoms. The zero-order chi connectivity index (χ0) is 12.3. The van der Waals surface area contributed by atoms with Crippen molar-refractivity contribution in [2.75, 3.05) is 6.61 Å². The lowest BCUT2D eigenvalue weighted by atomic mass is 9.92. The summed E-state index contributed by atoms with van der Waals surface area (Å²) in [6.45, 7) is 0.341. The predicted octanol–water partition coefficient (Wildman–Crippen LogP) is 2.60. The van der Waals surface area contributed by atoms with Crippen LogP contribution in [0.15, 0.2) is 11.6 Å². The zero-order valence-electron chi connectivity index (χ0n) is 10.3. The molecule has 0 saturated heterocycles. The first kappa shape index (κ1) is 12.6. The third-order valence-electron chi connectivity index (χ3n) is 4.40. The van der Waals surface area contributed by atoms with Gasteiger partial charge in [0.05, 0.1) is 0 Å². The van der Waals surface area contributed by atoms with Gasteiger partial charge in [-0.2, -0.15) is 0 Å². The second-order valence-electron chi connectivity index (χ2n) is 5.50. The summed E-state index contributed by atoms with van der Waals surface area (Å²) in [5.74, 6) is 1.31. The van der Waals surface area contributed by atoms with Crippen LogP contribution in [0.1, 0.15) is 44.9 Å². The number of rotatable bonds is 5. The molecule has 2 rings (SSSR count). The number of carboxylic acids is 1. The Hall–Kier alpha value is -0.830. The Kier molecular flexibility index (Phi) is 4.21. The summed E-state index contributed by atoms with van der Waals surface area (Å²) in [5, 5.41) is 17.8. The summed E-state index contributed by atoms with van der Waals surface area (Å²) in [5.41, 5.74) is 1.50. The number of allylic oxidation sites excluding steroid dienone is 2. The molecule has 0 aromatic carbocycles. The monoisotopic (exact) mass is 238 g/mol. The van der Waals surface area contributed by atoms with Gasteiger partial charge in [-0.25, -0.2) is 0 Å². The molecule has 0 bridgehead atoms. The summed E-state index contributed by atoms with van der Waals surface area (Å²) in [6.07, 6.45) is 8.95. The van der Waals surface area contributed by atoms with E-state index in [1.165, 1.54) is 24.8 Å². The molecule has 0 aromatic heterocycles. The number of aliphatic hydroxyl groups is 1. The van der Waals surface area contributed by atoms with E-state index < -0.39 is 5.97 Å². The molecule has 2 aliphatic carbocycles. The first-order valence-electron chi connectivity index (χ1n) is 6.71. The fourth-order valence-corrected chi connectivity index (χ4v) is 3.50. The third-order valence-corrected chi connectivity index (χ3v) is 4.40. The lowest BCUT2D eigenvalue weighted by Crippen LogP contribution is -2.12. The highest BCUT2D eigenvalue weighted by Crippen LogP contribution is 2.49. The Bertz CT molecular complexity index is 309. The van der Waals surface area contributed by atoms with Crippen LogP contribution in [0.2, 0.25) is 0 Å². The van der Waals surface area contributed by atoms with Gasteiger partial charge in [-0.15, -0.1) is 0 Å². The van der Waals surface area contributed by atoms with Crippen LogP contribution < -0.4 is 0 Å². The van der Waals surface area contributed by atoms with E-state index in [9.17, 15) is 9.90 Å². The fourth-order valence-electron chi connectivity index (χ4n) is 3.50. The number of carboxylic acid groups (broad SMARTS) is 1. The second kappa shape index (κ2) is 5.67. The van der Waals surface area contributed by atoms with Crippen molar-refractivity contribution in [3.05, 3.63) is 11.6 Å². The van der Waals surface area contributed by atoms with Crippen LogP contribution in [-0.2, 0) is 4.79 Å². The molecule has 0 spiro atoms. The van der Waals surface area contributed by atoms with Gasteiger partial charge in [0.25, 0.3) is 0 Å². The van der Waals surface area contributed by atoms with E-state index in [1.54, 1.807) is 0 Å². The van der Waals surface area contributed by atoms with Gasteiger partial charge in [-0.1, -0.05) is 11.6 Å². The van der Waals surface area contributed by atoms with Crippen molar-refractivity contribution in [2.24, 2.45) is 17.8 Å². The van der Waals surface area contributed by atoms with Crippen LogP contribution >= 0.6 is 0 Å². The molecular formula is C14H22O3. The molecule has 2 N–H and O–H groups in total. The van der Waals surface area contributed by atoms with Crippen molar-refractivity contribution in [1.82, 2.24) is 0 Å². The highest BCUT2D eigenvalue weighted by atomic mass is 16.4. The maximum atomic E-state index is 10.4. The number of hydrogen-bond donors (Lipinski definition) is 2. The fraction of sp³-hybridized carbons (Fsp3) is 0.786. The minimum atomic E-state index is -0.702. The van der Waals surface area contributed by atoms with Gasteiger partial charge in [0.2, 0.25) is 0 Å². The molecule has 0 heterocycles. The van der Waals surface area contributed by atoms with E-state index in [-0.39, 0.29) is 6.42 Å². The first-order valence-corrected chi connectivity index (χ1v) is 6.71. The minimum absolute atomic E-state index is 0.274. The van der Waals surface area contributed by atoms with Crippen molar-refractivity contribution >= 4 is 5.97 Å². The van der Waals surface area contributed by atoms with Crippen LogP contribution in [-0.4, -0.2) is 22.8 Å². The van der Waals surface area contributed by atoms with Gasteiger partial charge in [-0.3, -0.25) is 4.79 Å². The minimum Gasteiger partial charge on any atom is -0.481 e. The van der Waals surface area contributed by atoms with Crippen molar-refractivity contribution in [3.8, 4) is 0 Å². The van der Waals surface area contributed by atoms with Gasteiger partial charge < -0.3 is 10.2 Å². The SMILES string of the molecule is O=C(O)CCC/C=C1\C[C@H]2CC[C@H](CO)[C@H]2C1. The number of fused-ring (bicyclic) bond motifs is 1. The van der Waals surface area contributed by atoms with Crippen molar-refractivity contribution in [2.45, 2.75) is 44.9 Å². The lowest BCUT2D eigenvalue weighted by molar-refractivity contribution is -0.137. The van der Waals surface area contributed by atoms with Gasteiger partial charge in [-0.05, 0) is 56.3 Å². The quantitative estimate of drug-likeness (QED) is 0.571. The van der Waals surface area contributed by atoms with E-state index in [4.69, 9.17) is 5.11 Å². The molecule has 2 fully saturated rings. The Balaban J connectivity index is 1.78. The normalized spacial score (nSPS) is 34.2. The number of hydrogen-bond acceptors (Lipinski definition) is 2. The average molecular weight is 238 g/mol.